The maximum absolute atomic E-state index is 12.8. The Labute approximate surface area is 146 Å². The summed E-state index contributed by atoms with van der Waals surface area (Å²) in [6.45, 7) is 2.90. The van der Waals surface area contributed by atoms with Gasteiger partial charge in [0.15, 0.2) is 0 Å². The lowest BCUT2D eigenvalue weighted by Crippen LogP contribution is -2.49. The van der Waals surface area contributed by atoms with Crippen molar-refractivity contribution in [3.8, 4) is 5.69 Å². The van der Waals surface area contributed by atoms with Gasteiger partial charge in [-0.15, -0.1) is 0 Å². The Hall–Kier alpha value is -3.15. The van der Waals surface area contributed by atoms with Crippen molar-refractivity contribution < 1.29 is 4.79 Å². The lowest BCUT2D eigenvalue weighted by atomic mass is 10.2. The quantitative estimate of drug-likeness (QED) is 0.737. The van der Waals surface area contributed by atoms with Gasteiger partial charge in [-0.25, -0.2) is 4.98 Å². The maximum atomic E-state index is 12.8. The van der Waals surface area contributed by atoms with Crippen molar-refractivity contribution in [1.29, 1.82) is 0 Å². The van der Waals surface area contributed by atoms with E-state index in [1.54, 1.807) is 12.4 Å². The molecule has 3 aromatic heterocycles. The van der Waals surface area contributed by atoms with Crippen molar-refractivity contribution in [2.45, 2.75) is 0 Å². The third-order valence-electron chi connectivity index (χ3n) is 4.41. The number of carbonyl (C=O) groups is 1. The van der Waals surface area contributed by atoms with Crippen molar-refractivity contribution in [3.05, 3.63) is 72.9 Å². The molecule has 0 unspecified atom stereocenters. The Kier molecular flexibility index (Phi) is 4.16. The largest absolute Gasteiger partial charge is 0.353 e. The molecule has 0 spiro atoms. The van der Waals surface area contributed by atoms with E-state index in [1.165, 1.54) is 0 Å². The molecule has 0 aromatic carbocycles. The summed E-state index contributed by atoms with van der Waals surface area (Å²) in [5, 5.41) is 0. The smallest absolute Gasteiger partial charge is 0.272 e. The van der Waals surface area contributed by atoms with Crippen LogP contribution in [0.3, 0.4) is 0 Å². The predicted molar refractivity (Wildman–Crippen MR) is 95.9 cm³/mol. The zero-order valence-electron chi connectivity index (χ0n) is 13.8. The summed E-state index contributed by atoms with van der Waals surface area (Å²) in [5.74, 6) is 0.942. The van der Waals surface area contributed by atoms with E-state index in [4.69, 9.17) is 0 Å². The normalized spacial score (nSPS) is 14.6. The number of amides is 1. The first kappa shape index (κ1) is 15.4. The molecule has 1 aliphatic heterocycles. The molecule has 0 bridgehead atoms. The third-order valence-corrected chi connectivity index (χ3v) is 4.41. The second-order valence-corrected chi connectivity index (χ2v) is 5.96. The van der Waals surface area contributed by atoms with Gasteiger partial charge in [-0.3, -0.25) is 9.78 Å². The molecule has 1 saturated heterocycles. The van der Waals surface area contributed by atoms with Crippen molar-refractivity contribution in [2.24, 2.45) is 0 Å². The second kappa shape index (κ2) is 6.76. The first-order chi connectivity index (χ1) is 12.3. The standard InChI is InChI=1S/C19H19N5O/c25-19(17-15-16(6-8-20-17)22-9-3-4-10-22)24-13-11-23(12-14-24)18-5-1-2-7-21-18/h1-10,15H,11-14H2. The average Bonchev–Trinajstić information content (AvgIpc) is 3.23. The number of pyridine rings is 2. The molecule has 4 rings (SSSR count). The fourth-order valence-electron chi connectivity index (χ4n) is 3.05. The molecule has 25 heavy (non-hydrogen) atoms. The first-order valence-electron chi connectivity index (χ1n) is 8.36. The summed E-state index contributed by atoms with van der Waals surface area (Å²) >= 11 is 0. The number of anilines is 1. The Balaban J connectivity index is 1.45. The number of piperazine rings is 1. The molecular weight excluding hydrogens is 314 g/mol. The van der Waals surface area contributed by atoms with Crippen LogP contribution >= 0.6 is 0 Å². The summed E-state index contributed by atoms with van der Waals surface area (Å²) in [7, 11) is 0. The molecule has 4 heterocycles. The molecule has 0 N–H and O–H groups in total. The van der Waals surface area contributed by atoms with Crippen molar-refractivity contribution in [2.75, 3.05) is 31.1 Å². The van der Waals surface area contributed by atoms with E-state index in [1.807, 2.05) is 64.3 Å². The highest BCUT2D eigenvalue weighted by atomic mass is 16.2. The van der Waals surface area contributed by atoms with Crippen LogP contribution in [-0.2, 0) is 0 Å². The van der Waals surface area contributed by atoms with Gasteiger partial charge < -0.3 is 14.4 Å². The fraction of sp³-hybridized carbons (Fsp3) is 0.211. The topological polar surface area (TPSA) is 54.3 Å². The van der Waals surface area contributed by atoms with Crippen LogP contribution in [0.2, 0.25) is 0 Å². The van der Waals surface area contributed by atoms with Crippen LogP contribution in [-0.4, -0.2) is 51.5 Å². The van der Waals surface area contributed by atoms with Crippen molar-refractivity contribution in [1.82, 2.24) is 19.4 Å². The Bertz CT molecular complexity index is 839. The molecule has 126 valence electrons. The van der Waals surface area contributed by atoms with E-state index in [0.29, 0.717) is 18.8 Å². The number of rotatable bonds is 3. The van der Waals surface area contributed by atoms with Gasteiger partial charge in [-0.1, -0.05) is 6.07 Å². The zero-order valence-corrected chi connectivity index (χ0v) is 13.8. The van der Waals surface area contributed by atoms with E-state index < -0.39 is 0 Å². The molecule has 0 aliphatic carbocycles. The second-order valence-electron chi connectivity index (χ2n) is 5.96. The van der Waals surface area contributed by atoms with Gasteiger partial charge in [0.05, 0.1) is 0 Å². The Morgan fingerprint density at radius 3 is 2.40 bits per heavy atom. The van der Waals surface area contributed by atoms with Gasteiger partial charge >= 0.3 is 0 Å². The van der Waals surface area contributed by atoms with Gasteiger partial charge in [-0.2, -0.15) is 0 Å². The van der Waals surface area contributed by atoms with Crippen LogP contribution in [0.5, 0.6) is 0 Å². The Morgan fingerprint density at radius 2 is 1.68 bits per heavy atom. The SMILES string of the molecule is O=C(c1cc(-n2cccc2)ccn1)N1CCN(c2ccccn2)CC1. The number of aromatic nitrogens is 3. The van der Waals surface area contributed by atoms with Crippen LogP contribution in [0.4, 0.5) is 5.82 Å². The molecule has 6 heteroatoms. The molecular formula is C19H19N5O. The highest BCUT2D eigenvalue weighted by Gasteiger charge is 2.23. The summed E-state index contributed by atoms with van der Waals surface area (Å²) in [6.07, 6.45) is 7.39. The Morgan fingerprint density at radius 1 is 0.880 bits per heavy atom. The van der Waals surface area contributed by atoms with Crippen LogP contribution in [0.15, 0.2) is 67.3 Å². The lowest BCUT2D eigenvalue weighted by Gasteiger charge is -2.35. The molecule has 0 radical (unpaired) electrons. The van der Waals surface area contributed by atoms with Crippen LogP contribution < -0.4 is 4.90 Å². The molecule has 1 aliphatic rings. The number of hydrogen-bond acceptors (Lipinski definition) is 4. The number of hydrogen-bond donors (Lipinski definition) is 0. The predicted octanol–water partition coefficient (Wildman–Crippen LogP) is 2.23. The van der Waals surface area contributed by atoms with E-state index in [2.05, 4.69) is 14.9 Å². The van der Waals surface area contributed by atoms with Crippen LogP contribution in [0.1, 0.15) is 10.5 Å². The minimum absolute atomic E-state index is 0.0188. The summed E-state index contributed by atoms with van der Waals surface area (Å²) in [6, 6.07) is 13.5. The molecule has 0 atom stereocenters. The van der Waals surface area contributed by atoms with Gasteiger partial charge in [0, 0.05) is 56.7 Å². The van der Waals surface area contributed by atoms with E-state index >= 15 is 0 Å². The molecule has 1 fully saturated rings. The summed E-state index contributed by atoms with van der Waals surface area (Å²) < 4.78 is 1.97. The van der Waals surface area contributed by atoms with Gasteiger partial charge in [0.1, 0.15) is 11.5 Å². The van der Waals surface area contributed by atoms with E-state index in [9.17, 15) is 4.79 Å². The summed E-state index contributed by atoms with van der Waals surface area (Å²) in [5.41, 5.74) is 1.42. The highest BCUT2D eigenvalue weighted by Crippen LogP contribution is 2.15. The van der Waals surface area contributed by atoms with Gasteiger partial charge in [0.2, 0.25) is 0 Å². The molecule has 6 nitrogen and oxygen atoms in total. The highest BCUT2D eigenvalue weighted by molar-refractivity contribution is 5.93. The van der Waals surface area contributed by atoms with E-state index in [0.717, 1.165) is 24.6 Å². The molecule has 0 saturated carbocycles. The lowest BCUT2D eigenvalue weighted by molar-refractivity contribution is 0.0740. The van der Waals surface area contributed by atoms with Gasteiger partial charge in [-0.05, 0) is 36.4 Å². The zero-order chi connectivity index (χ0) is 17.1. The minimum atomic E-state index is -0.0188. The van der Waals surface area contributed by atoms with Gasteiger partial charge in [0.25, 0.3) is 5.91 Å². The third kappa shape index (κ3) is 3.24. The summed E-state index contributed by atoms with van der Waals surface area (Å²) in [4.78, 5) is 25.5. The monoisotopic (exact) mass is 333 g/mol. The molecule has 3 aromatic rings. The molecule has 1 amide bonds. The van der Waals surface area contributed by atoms with Crippen molar-refractivity contribution in [3.63, 3.8) is 0 Å². The first-order valence-corrected chi connectivity index (χ1v) is 8.36. The maximum Gasteiger partial charge on any atom is 0.272 e. The number of nitrogens with zero attached hydrogens (tertiary/aromatic N) is 5. The minimum Gasteiger partial charge on any atom is -0.353 e. The fourth-order valence-corrected chi connectivity index (χ4v) is 3.05. The van der Waals surface area contributed by atoms with Crippen LogP contribution in [0, 0.1) is 0 Å². The average molecular weight is 333 g/mol. The van der Waals surface area contributed by atoms with Crippen molar-refractivity contribution >= 4 is 11.7 Å². The van der Waals surface area contributed by atoms with E-state index in [-0.39, 0.29) is 5.91 Å². The van der Waals surface area contributed by atoms with Crippen LogP contribution in [0.25, 0.3) is 5.69 Å². The number of carbonyl (C=O) groups excluding carboxylic acids is 1.